The van der Waals surface area contributed by atoms with Crippen LogP contribution in [0.3, 0.4) is 0 Å². The summed E-state index contributed by atoms with van der Waals surface area (Å²) in [6.45, 7) is 2.01. The third-order valence-corrected chi connectivity index (χ3v) is 6.61. The van der Waals surface area contributed by atoms with Crippen molar-refractivity contribution in [2.45, 2.75) is 50.7 Å². The second kappa shape index (κ2) is 10.4. The molecule has 1 aliphatic carbocycles. The molecule has 184 valence electrons. The van der Waals surface area contributed by atoms with Crippen LogP contribution in [0.25, 0.3) is 0 Å². The van der Waals surface area contributed by atoms with Crippen molar-refractivity contribution in [2.24, 2.45) is 11.7 Å². The highest BCUT2D eigenvalue weighted by molar-refractivity contribution is 5.93. The molecule has 0 radical (unpaired) electrons. The van der Waals surface area contributed by atoms with Crippen molar-refractivity contribution in [1.29, 1.82) is 0 Å². The van der Waals surface area contributed by atoms with E-state index in [1.54, 1.807) is 4.90 Å². The molecule has 0 unspecified atom stereocenters. The summed E-state index contributed by atoms with van der Waals surface area (Å²) >= 11 is 0. The van der Waals surface area contributed by atoms with Crippen LogP contribution in [-0.2, 0) is 20.8 Å². The number of nitrogens with zero attached hydrogens (tertiary/aromatic N) is 2. The molecular weight excluding hydrogens is 452 g/mol. The van der Waals surface area contributed by atoms with Gasteiger partial charge in [0.1, 0.15) is 23.7 Å². The van der Waals surface area contributed by atoms with Gasteiger partial charge in [0.05, 0.1) is 12.5 Å². The molecule has 1 fully saturated rings. The summed E-state index contributed by atoms with van der Waals surface area (Å²) in [6.07, 6.45) is 5.70. The van der Waals surface area contributed by atoms with E-state index >= 15 is 0 Å². The average Bonchev–Trinajstić information content (AvgIpc) is 3.64. The standard InChI is InChI=1S/C27H29F2N3O3/c1-17(26(30)34)32(25(33)14-19-12-21(28)15-22(29)13-19)24-9-5-8-23(20-6-3-2-4-7-20)31(27(24)35)16-18-10-11-18/h2-8,12-13,15,17-18,23-24H,9-11,14,16H2,1H3,(H2,30,34)/t17-,23-,24-/m0/s1. The number of carbonyl (C=O) groups is 3. The lowest BCUT2D eigenvalue weighted by atomic mass is 10.0. The Bertz CT molecular complexity index is 1110. The number of hydrogen-bond donors (Lipinski definition) is 1. The molecule has 2 aromatic carbocycles. The van der Waals surface area contributed by atoms with E-state index in [1.165, 1.54) is 11.8 Å². The van der Waals surface area contributed by atoms with Crippen LogP contribution in [-0.4, -0.2) is 46.1 Å². The Morgan fingerprint density at radius 3 is 2.37 bits per heavy atom. The zero-order valence-electron chi connectivity index (χ0n) is 19.6. The quantitative estimate of drug-likeness (QED) is 0.586. The summed E-state index contributed by atoms with van der Waals surface area (Å²) in [4.78, 5) is 42.5. The normalized spacial score (nSPS) is 20.9. The first-order valence-corrected chi connectivity index (χ1v) is 11.8. The maximum atomic E-state index is 13.9. The van der Waals surface area contributed by atoms with Gasteiger partial charge in [-0.2, -0.15) is 0 Å². The summed E-state index contributed by atoms with van der Waals surface area (Å²) in [5, 5.41) is 0. The van der Waals surface area contributed by atoms with Crippen molar-refractivity contribution in [2.75, 3.05) is 6.54 Å². The maximum absolute atomic E-state index is 13.9. The number of nitrogens with two attached hydrogens (primary N) is 1. The Morgan fingerprint density at radius 1 is 1.11 bits per heavy atom. The van der Waals surface area contributed by atoms with Crippen LogP contribution in [0.5, 0.6) is 0 Å². The fraction of sp³-hybridized carbons (Fsp3) is 0.370. The monoisotopic (exact) mass is 481 g/mol. The summed E-state index contributed by atoms with van der Waals surface area (Å²) in [5.41, 5.74) is 6.62. The van der Waals surface area contributed by atoms with Crippen LogP contribution in [0.2, 0.25) is 0 Å². The van der Waals surface area contributed by atoms with Gasteiger partial charge in [-0.15, -0.1) is 0 Å². The van der Waals surface area contributed by atoms with Crippen molar-refractivity contribution in [3.05, 3.63) is 83.4 Å². The van der Waals surface area contributed by atoms with Crippen LogP contribution < -0.4 is 5.73 Å². The number of rotatable bonds is 8. The molecule has 0 bridgehead atoms. The lowest BCUT2D eigenvalue weighted by Gasteiger charge is -2.38. The second-order valence-electron chi connectivity index (χ2n) is 9.30. The van der Waals surface area contributed by atoms with Crippen LogP contribution in [0.4, 0.5) is 8.78 Å². The molecule has 3 atom stereocenters. The molecule has 2 aliphatic rings. The number of benzene rings is 2. The van der Waals surface area contributed by atoms with Gasteiger partial charge in [-0.25, -0.2) is 8.78 Å². The van der Waals surface area contributed by atoms with Crippen molar-refractivity contribution >= 4 is 17.7 Å². The molecule has 0 aromatic heterocycles. The highest BCUT2D eigenvalue weighted by atomic mass is 19.1. The summed E-state index contributed by atoms with van der Waals surface area (Å²) in [5.74, 6) is -2.86. The Kier molecular flexibility index (Phi) is 7.28. The Labute approximate surface area is 203 Å². The van der Waals surface area contributed by atoms with Crippen molar-refractivity contribution in [3.63, 3.8) is 0 Å². The minimum atomic E-state index is -1.08. The van der Waals surface area contributed by atoms with Gasteiger partial charge in [-0.3, -0.25) is 14.4 Å². The maximum Gasteiger partial charge on any atom is 0.246 e. The fourth-order valence-electron chi connectivity index (χ4n) is 4.60. The number of hydrogen-bond acceptors (Lipinski definition) is 3. The first-order valence-electron chi connectivity index (χ1n) is 11.8. The zero-order valence-corrected chi connectivity index (χ0v) is 19.6. The number of carbonyl (C=O) groups excluding carboxylic acids is 3. The highest BCUT2D eigenvalue weighted by Crippen LogP contribution is 2.36. The van der Waals surface area contributed by atoms with E-state index in [0.717, 1.165) is 36.6 Å². The molecule has 2 aromatic rings. The van der Waals surface area contributed by atoms with Gasteiger partial charge in [0.2, 0.25) is 17.7 Å². The minimum absolute atomic E-state index is 0.114. The smallest absolute Gasteiger partial charge is 0.246 e. The Balaban J connectivity index is 1.67. The van der Waals surface area contributed by atoms with E-state index < -0.39 is 35.5 Å². The zero-order chi connectivity index (χ0) is 25.1. The third-order valence-electron chi connectivity index (χ3n) is 6.61. The number of primary amides is 1. The molecule has 3 amide bonds. The molecule has 1 aliphatic heterocycles. The highest BCUT2D eigenvalue weighted by Gasteiger charge is 2.41. The SMILES string of the molecule is C[C@@H](C(N)=O)N(C(=O)Cc1cc(F)cc(F)c1)[C@H]1CC=C[C@@H](c2ccccc2)N(CC2CC2)C1=O. The van der Waals surface area contributed by atoms with Gasteiger partial charge >= 0.3 is 0 Å². The molecule has 4 rings (SSSR count). The predicted molar refractivity (Wildman–Crippen MR) is 127 cm³/mol. The van der Waals surface area contributed by atoms with E-state index in [4.69, 9.17) is 5.73 Å². The Morgan fingerprint density at radius 2 is 1.77 bits per heavy atom. The summed E-state index contributed by atoms with van der Waals surface area (Å²) < 4.78 is 27.4. The third kappa shape index (κ3) is 5.75. The van der Waals surface area contributed by atoms with Crippen LogP contribution >= 0.6 is 0 Å². The fourth-order valence-corrected chi connectivity index (χ4v) is 4.60. The van der Waals surface area contributed by atoms with Crippen LogP contribution in [0.1, 0.15) is 43.4 Å². The average molecular weight is 482 g/mol. The van der Waals surface area contributed by atoms with Gasteiger partial charge in [-0.05, 0) is 55.4 Å². The topological polar surface area (TPSA) is 83.7 Å². The summed E-state index contributed by atoms with van der Waals surface area (Å²) in [6, 6.07) is 10.1. The van der Waals surface area contributed by atoms with E-state index in [2.05, 4.69) is 0 Å². The van der Waals surface area contributed by atoms with Gasteiger partial charge in [0.25, 0.3) is 0 Å². The molecule has 1 heterocycles. The second-order valence-corrected chi connectivity index (χ2v) is 9.30. The first kappa shape index (κ1) is 24.6. The Hall–Kier alpha value is -3.55. The lowest BCUT2D eigenvalue weighted by molar-refractivity contribution is -0.150. The largest absolute Gasteiger partial charge is 0.368 e. The molecule has 35 heavy (non-hydrogen) atoms. The molecule has 1 saturated carbocycles. The van der Waals surface area contributed by atoms with Crippen molar-refractivity contribution < 1.29 is 23.2 Å². The van der Waals surface area contributed by atoms with E-state index in [1.807, 2.05) is 42.5 Å². The molecule has 6 nitrogen and oxygen atoms in total. The van der Waals surface area contributed by atoms with Gasteiger partial charge in [0, 0.05) is 12.6 Å². The minimum Gasteiger partial charge on any atom is -0.368 e. The molecular formula is C27H29F2N3O3. The lowest BCUT2D eigenvalue weighted by Crippen LogP contribution is -2.57. The van der Waals surface area contributed by atoms with Gasteiger partial charge in [-0.1, -0.05) is 42.5 Å². The van der Waals surface area contributed by atoms with Crippen molar-refractivity contribution in [1.82, 2.24) is 9.80 Å². The van der Waals surface area contributed by atoms with E-state index in [0.29, 0.717) is 12.5 Å². The summed E-state index contributed by atoms with van der Waals surface area (Å²) in [7, 11) is 0. The van der Waals surface area contributed by atoms with Crippen LogP contribution in [0, 0.1) is 17.6 Å². The number of amides is 3. The van der Waals surface area contributed by atoms with Gasteiger partial charge < -0.3 is 15.5 Å². The van der Waals surface area contributed by atoms with Gasteiger partial charge in [0.15, 0.2) is 0 Å². The molecule has 8 heteroatoms. The molecule has 0 spiro atoms. The predicted octanol–water partition coefficient (Wildman–Crippen LogP) is 3.52. The van der Waals surface area contributed by atoms with E-state index in [-0.39, 0.29) is 30.4 Å². The van der Waals surface area contributed by atoms with Crippen molar-refractivity contribution in [3.8, 4) is 0 Å². The number of halogens is 2. The first-order chi connectivity index (χ1) is 16.7. The molecule has 0 saturated heterocycles. The van der Waals surface area contributed by atoms with E-state index in [9.17, 15) is 23.2 Å². The molecule has 2 N–H and O–H groups in total. The van der Waals surface area contributed by atoms with Crippen LogP contribution in [0.15, 0.2) is 60.7 Å².